The zero-order valence-corrected chi connectivity index (χ0v) is 59.2. The third-order valence-electron chi connectivity index (χ3n) is 12.0. The van der Waals surface area contributed by atoms with Crippen LogP contribution >= 0.6 is 0 Å². The van der Waals surface area contributed by atoms with Crippen molar-refractivity contribution in [1.29, 1.82) is 0 Å². The average Bonchev–Trinajstić information content (AvgIpc) is 3.73. The molecule has 0 saturated carbocycles. The second-order valence-corrected chi connectivity index (χ2v) is 17.0. The third-order valence-corrected chi connectivity index (χ3v) is 12.0. The molecule has 18 nitrogen and oxygen atoms in total. The summed E-state index contributed by atoms with van der Waals surface area (Å²) in [5.41, 5.74) is 2.36. The molecule has 1 N–H and O–H groups in total. The van der Waals surface area contributed by atoms with Crippen LogP contribution in [0.1, 0.15) is 93.5 Å². The summed E-state index contributed by atoms with van der Waals surface area (Å²) in [7, 11) is 0. The number of carbonyl (C=O) groups excluding carboxylic acids is 6. The van der Waals surface area contributed by atoms with Gasteiger partial charge in [-0.3, -0.25) is 9.69 Å². The molecule has 0 atom stereocenters. The molecule has 4 aromatic rings. The second-order valence-electron chi connectivity index (χ2n) is 17.0. The number of rotatable bonds is 31. The van der Waals surface area contributed by atoms with Crippen molar-refractivity contribution in [3.05, 3.63) is 71.9 Å². The maximum Gasteiger partial charge on any atom is 1.00 e. The summed E-state index contributed by atoms with van der Waals surface area (Å²) in [6.07, 6.45) is 14.9. The maximum atomic E-state index is 13.4. The molecule has 0 radical (unpaired) electrons. The summed E-state index contributed by atoms with van der Waals surface area (Å²) in [5, 5.41) is 58.9. The van der Waals surface area contributed by atoms with Gasteiger partial charge in [-0.2, -0.15) is 0 Å². The number of aromatic carboxylic acids is 1. The van der Waals surface area contributed by atoms with Gasteiger partial charge in [0, 0.05) is 55.3 Å². The molecule has 1 aliphatic heterocycles. The van der Waals surface area contributed by atoms with E-state index in [9.17, 15) is 54.3 Å². The van der Waals surface area contributed by atoms with Gasteiger partial charge in [-0.25, -0.2) is 0 Å². The van der Waals surface area contributed by atoms with E-state index in [-0.39, 0.29) is 311 Å². The van der Waals surface area contributed by atoms with E-state index in [0.717, 1.165) is 35.9 Å². The number of hydrogen-bond donors (Lipinski definition) is 1. The summed E-state index contributed by atoms with van der Waals surface area (Å²) in [4.78, 5) is 80.9. The quantitative estimate of drug-likeness (QED) is 0.0362. The van der Waals surface area contributed by atoms with Crippen molar-refractivity contribution in [2.45, 2.75) is 84.0 Å². The van der Waals surface area contributed by atoms with Crippen LogP contribution in [0.25, 0.3) is 22.0 Å². The summed E-state index contributed by atoms with van der Waals surface area (Å²) in [6, 6.07) is 13.7. The molecule has 0 unspecified atom stereocenters. The van der Waals surface area contributed by atoms with Crippen LogP contribution in [0.15, 0.2) is 60.8 Å². The van der Waals surface area contributed by atoms with E-state index in [1.165, 1.54) is 88.1 Å². The Morgan fingerprint density at radius 3 is 1.59 bits per heavy atom. The monoisotopic (exact) mass is 1130 g/mol. The minimum absolute atomic E-state index is 0. The first-order valence-corrected chi connectivity index (χ1v) is 23.4. The van der Waals surface area contributed by atoms with Gasteiger partial charge in [0.25, 0.3) is 0 Å². The van der Waals surface area contributed by atoms with E-state index >= 15 is 0 Å². The number of benzene rings is 3. The largest absolute Gasteiger partial charge is 1.00 e. The van der Waals surface area contributed by atoms with Crippen LogP contribution in [0.3, 0.4) is 0 Å². The Balaban J connectivity index is 0.0000104. The SMILES string of the molecule is CCCCCCCCCCCCN1CCN(C(=O)CCc2ccc(N(CC(=O)[O-])CC(=O)[O-])c(OCCOc3cc(-c4c[nH]c5cc(C(=O)[O-])ccc45)ccc3N(CC(=O)[O-])CC(=O)[O-])c2)CC1.[K+].[K+].[K+].[K+].[K+]. The standard InChI is InChI=1S/C50H65N5O13.5K/c1-2-3-4-5-6-7-8-9-10-11-20-52-21-23-53(24-22-52)45(56)19-13-35-12-17-41(54(31-46(57)58)32-47(59)60)43(27-35)67-25-26-68-44-29-36(15-18-42(44)55(33-48(61)62)34-49(63)64)39-30-51-40-28-37(50(65)66)14-16-38(39)40;;;;;/h12,14-18,27-30,51H,2-11,13,19-26,31-34H2,1H3,(H,57,58)(H,59,60)(H,61,62)(H,63,64)(H,65,66);;;;;/q;5*+1/p-5. The number of hydrogen-bond acceptors (Lipinski definition) is 16. The summed E-state index contributed by atoms with van der Waals surface area (Å²) in [6.45, 7) is 2.33. The number of amides is 1. The van der Waals surface area contributed by atoms with Gasteiger partial charge in [0.15, 0.2) is 0 Å². The van der Waals surface area contributed by atoms with Gasteiger partial charge in [0.05, 0.1) is 67.4 Å². The van der Waals surface area contributed by atoms with Crippen LogP contribution in [0.5, 0.6) is 11.5 Å². The van der Waals surface area contributed by atoms with Crippen molar-refractivity contribution in [3.63, 3.8) is 0 Å². The number of nitrogens with one attached hydrogen (secondary N) is 1. The fourth-order valence-electron chi connectivity index (χ4n) is 8.47. The van der Waals surface area contributed by atoms with Crippen LogP contribution in [-0.4, -0.2) is 123 Å². The third kappa shape index (κ3) is 26.2. The fraction of sp³-hybridized carbons (Fsp3) is 0.480. The molecule has 23 heteroatoms. The molecule has 1 saturated heterocycles. The number of H-pyrrole nitrogens is 1. The number of aliphatic carboxylic acids is 4. The van der Waals surface area contributed by atoms with Crippen LogP contribution in [0, 0.1) is 0 Å². The van der Waals surface area contributed by atoms with E-state index in [2.05, 4.69) is 16.8 Å². The predicted molar refractivity (Wildman–Crippen MR) is 243 cm³/mol. The number of anilines is 2. The van der Waals surface area contributed by atoms with E-state index in [1.54, 1.807) is 30.5 Å². The summed E-state index contributed by atoms with van der Waals surface area (Å²) in [5.74, 6) is -7.55. The van der Waals surface area contributed by atoms with Crippen LogP contribution in [0.4, 0.5) is 11.4 Å². The Morgan fingerprint density at radius 2 is 1.08 bits per heavy atom. The molecule has 3 aromatic carbocycles. The Morgan fingerprint density at radius 1 is 0.589 bits per heavy atom. The molecule has 73 heavy (non-hydrogen) atoms. The Kier molecular flexibility index (Phi) is 41.3. The van der Waals surface area contributed by atoms with Crippen molar-refractivity contribution in [2.75, 3.05) is 81.9 Å². The number of nitrogens with zero attached hydrogens (tertiary/aromatic N) is 4. The van der Waals surface area contributed by atoms with E-state index < -0.39 is 56.0 Å². The van der Waals surface area contributed by atoms with Crippen LogP contribution < -0.4 is 302 Å². The molecule has 0 spiro atoms. The zero-order chi connectivity index (χ0) is 49.0. The number of piperazine rings is 1. The molecular weight excluding hydrogens is 1070 g/mol. The Hall–Kier alpha value is 1.36. The normalized spacial score (nSPS) is 11.9. The van der Waals surface area contributed by atoms with Crippen LogP contribution in [-0.2, 0) is 30.4 Å². The summed E-state index contributed by atoms with van der Waals surface area (Å²) < 4.78 is 12.2. The number of fused-ring (bicyclic) bond motifs is 1. The van der Waals surface area contributed by atoms with E-state index in [4.69, 9.17) is 9.47 Å². The van der Waals surface area contributed by atoms with Gasteiger partial charge in [-0.15, -0.1) is 0 Å². The number of carbonyl (C=O) groups is 6. The second kappa shape index (κ2) is 40.5. The predicted octanol–water partition coefficient (Wildman–Crippen LogP) is -14.7. The molecule has 0 aliphatic carbocycles. The topological polar surface area (TPSA) is 265 Å². The van der Waals surface area contributed by atoms with Gasteiger partial charge >= 0.3 is 257 Å². The van der Waals surface area contributed by atoms with Crippen molar-refractivity contribution in [2.24, 2.45) is 0 Å². The molecule has 2 heterocycles. The molecule has 1 aliphatic rings. The Labute approximate surface area is 640 Å². The first-order valence-electron chi connectivity index (χ1n) is 23.4. The maximum absolute atomic E-state index is 13.4. The zero-order valence-electron chi connectivity index (χ0n) is 43.6. The smallest absolute Gasteiger partial charge is 0.548 e. The van der Waals surface area contributed by atoms with Gasteiger partial charge < -0.3 is 78.7 Å². The molecule has 1 aromatic heterocycles. The molecule has 5 rings (SSSR count). The van der Waals surface area contributed by atoms with Gasteiger partial charge in [0.2, 0.25) is 5.91 Å². The summed E-state index contributed by atoms with van der Waals surface area (Å²) >= 11 is 0. The van der Waals surface area contributed by atoms with Gasteiger partial charge in [-0.05, 0) is 66.4 Å². The number of aryl methyl sites for hydroxylation is 1. The Bertz CT molecular complexity index is 2340. The fourth-order valence-corrected chi connectivity index (χ4v) is 8.47. The van der Waals surface area contributed by atoms with Crippen molar-refractivity contribution >= 4 is 58.0 Å². The first kappa shape index (κ1) is 74.4. The molecule has 1 amide bonds. The minimum atomic E-state index is -1.57. The molecular formula is C50H60K5N5O13. The van der Waals surface area contributed by atoms with Crippen molar-refractivity contribution in [1.82, 2.24) is 14.8 Å². The first-order chi connectivity index (χ1) is 32.7. The number of carboxylic acid groups (broad SMARTS) is 5. The van der Waals surface area contributed by atoms with Gasteiger partial charge in [-0.1, -0.05) is 89.0 Å². The van der Waals surface area contributed by atoms with Gasteiger partial charge in [0.1, 0.15) is 24.7 Å². The molecule has 0 bridgehead atoms. The number of unbranched alkanes of at least 4 members (excludes halogenated alkanes) is 9. The van der Waals surface area contributed by atoms with Crippen molar-refractivity contribution in [3.8, 4) is 22.6 Å². The minimum Gasteiger partial charge on any atom is -0.548 e. The van der Waals surface area contributed by atoms with E-state index in [0.29, 0.717) is 47.1 Å². The molecule has 1 fully saturated rings. The van der Waals surface area contributed by atoms with Crippen molar-refractivity contribution < 1.29 is 321 Å². The number of carboxylic acids is 5. The number of aromatic amines is 1. The average molecular weight is 1130 g/mol. The van der Waals surface area contributed by atoms with Crippen LogP contribution in [0.2, 0.25) is 0 Å². The molecule has 368 valence electrons. The number of aromatic nitrogens is 1. The number of ether oxygens (including phenoxy) is 2. The van der Waals surface area contributed by atoms with E-state index in [1.807, 2.05) is 4.90 Å².